The van der Waals surface area contributed by atoms with E-state index in [9.17, 15) is 14.0 Å². The highest BCUT2D eigenvalue weighted by Crippen LogP contribution is 2.40. The number of likely N-dealkylation sites (N-methyl/N-ethyl adjacent to an activating group) is 1. The van der Waals surface area contributed by atoms with Crippen LogP contribution in [0.2, 0.25) is 0 Å². The summed E-state index contributed by atoms with van der Waals surface area (Å²) in [7, 11) is 2.05. The third-order valence-electron chi connectivity index (χ3n) is 7.64. The maximum Gasteiger partial charge on any atom is 0.249 e. The zero-order valence-corrected chi connectivity index (χ0v) is 21.6. The van der Waals surface area contributed by atoms with Gasteiger partial charge in [0.05, 0.1) is 24.0 Å². The monoisotopic (exact) mass is 519 g/mol. The average molecular weight is 520 g/mol. The van der Waals surface area contributed by atoms with E-state index in [1.54, 1.807) is 29.2 Å². The molecule has 10 heteroatoms. The smallest absolute Gasteiger partial charge is 0.249 e. The first kappa shape index (κ1) is 26.0. The van der Waals surface area contributed by atoms with Crippen molar-refractivity contribution >= 4 is 11.8 Å². The molecule has 0 bridgehead atoms. The molecule has 3 N–H and O–H groups in total. The Morgan fingerprint density at radius 3 is 2.58 bits per heavy atom. The summed E-state index contributed by atoms with van der Waals surface area (Å²) >= 11 is 0. The summed E-state index contributed by atoms with van der Waals surface area (Å²) < 4.78 is 14.9. The molecule has 2 fully saturated rings. The van der Waals surface area contributed by atoms with Crippen LogP contribution in [0.5, 0.6) is 0 Å². The van der Waals surface area contributed by atoms with Crippen molar-refractivity contribution in [3.8, 4) is 5.69 Å². The summed E-state index contributed by atoms with van der Waals surface area (Å²) in [6, 6.07) is 12.3. The molecule has 2 aromatic carbocycles. The minimum Gasteiger partial charge on any atom is -0.366 e. The van der Waals surface area contributed by atoms with E-state index in [0.29, 0.717) is 42.6 Å². The fourth-order valence-electron chi connectivity index (χ4n) is 5.30. The molecule has 1 saturated carbocycles. The van der Waals surface area contributed by atoms with Crippen molar-refractivity contribution in [2.75, 3.05) is 39.8 Å². The number of hydrogen-bond donors (Lipinski definition) is 2. The van der Waals surface area contributed by atoms with Gasteiger partial charge in [0.25, 0.3) is 0 Å². The molecule has 0 spiro atoms. The number of carbonyl (C=O) groups is 2. The van der Waals surface area contributed by atoms with Gasteiger partial charge in [0.15, 0.2) is 0 Å². The number of hydrogen-bond acceptors (Lipinski definition) is 6. The SMILES string of the molecule is CN1CCN(C(=O)[C@H](CCCN[C@@H]2C[C@H]2c2ccc(F)cc2)c2cc(-n3ccnn3)ccc2C(N)=O)CC1. The summed E-state index contributed by atoms with van der Waals surface area (Å²) in [4.78, 5) is 30.4. The van der Waals surface area contributed by atoms with Crippen LogP contribution >= 0.6 is 0 Å². The molecule has 1 saturated heterocycles. The van der Waals surface area contributed by atoms with Crippen LogP contribution in [0.25, 0.3) is 5.69 Å². The quantitative estimate of drug-likeness (QED) is 0.398. The Morgan fingerprint density at radius 1 is 1.13 bits per heavy atom. The number of carbonyl (C=O) groups excluding carboxylic acids is 2. The third kappa shape index (κ3) is 5.92. The molecule has 9 nitrogen and oxygen atoms in total. The fourth-order valence-corrected chi connectivity index (χ4v) is 5.30. The number of halogens is 1. The molecule has 38 heavy (non-hydrogen) atoms. The maximum absolute atomic E-state index is 13.9. The van der Waals surface area contributed by atoms with Crippen molar-refractivity contribution in [3.05, 3.63) is 77.4 Å². The number of piperazine rings is 1. The molecule has 3 aromatic rings. The van der Waals surface area contributed by atoms with Gasteiger partial charge in [0, 0.05) is 43.7 Å². The standard InChI is InChI=1S/C28H34FN7O2/c1-34-13-15-35(16-14-34)28(38)23(3-2-10-31-26-18-24(26)19-4-6-20(29)7-5-19)25-17-21(36-12-11-32-33-36)8-9-22(25)27(30)37/h4-9,11-12,17,23-24,26,31H,2-3,10,13-16,18H2,1H3,(H2,30,37)/t23-,24+,26-/m1/s1. The molecule has 1 aliphatic carbocycles. The number of nitrogens with one attached hydrogen (secondary N) is 1. The largest absolute Gasteiger partial charge is 0.366 e. The van der Waals surface area contributed by atoms with E-state index >= 15 is 0 Å². The van der Waals surface area contributed by atoms with Crippen molar-refractivity contribution < 1.29 is 14.0 Å². The van der Waals surface area contributed by atoms with Crippen LogP contribution < -0.4 is 11.1 Å². The molecule has 1 aromatic heterocycles. The summed E-state index contributed by atoms with van der Waals surface area (Å²) in [5.74, 6) is -0.873. The molecule has 0 unspecified atom stereocenters. The molecule has 5 rings (SSSR count). The number of primary amides is 1. The predicted octanol–water partition coefficient (Wildman–Crippen LogP) is 2.29. The zero-order valence-electron chi connectivity index (χ0n) is 21.6. The molecule has 200 valence electrons. The molecule has 3 atom stereocenters. The first-order valence-electron chi connectivity index (χ1n) is 13.2. The summed E-state index contributed by atoms with van der Waals surface area (Å²) in [6.07, 6.45) is 5.64. The van der Waals surface area contributed by atoms with Crippen LogP contribution in [0.1, 0.15) is 52.6 Å². The Hall–Kier alpha value is -3.63. The second-order valence-electron chi connectivity index (χ2n) is 10.3. The van der Waals surface area contributed by atoms with Crippen molar-refractivity contribution in [2.45, 2.75) is 37.1 Å². The Kier molecular flexibility index (Phi) is 7.80. The van der Waals surface area contributed by atoms with Crippen molar-refractivity contribution in [1.29, 1.82) is 0 Å². The van der Waals surface area contributed by atoms with Gasteiger partial charge in [-0.25, -0.2) is 9.07 Å². The molecule has 2 heterocycles. The van der Waals surface area contributed by atoms with Crippen LogP contribution in [-0.2, 0) is 4.79 Å². The minimum absolute atomic E-state index is 0.0203. The molecule has 2 aliphatic rings. The average Bonchev–Trinajstić information content (AvgIpc) is 3.47. The van der Waals surface area contributed by atoms with E-state index in [1.165, 1.54) is 12.1 Å². The summed E-state index contributed by atoms with van der Waals surface area (Å²) in [5.41, 5.74) is 8.60. The summed E-state index contributed by atoms with van der Waals surface area (Å²) in [6.45, 7) is 3.67. The van der Waals surface area contributed by atoms with E-state index in [0.717, 1.165) is 43.7 Å². The molecule has 1 aliphatic heterocycles. The van der Waals surface area contributed by atoms with Gasteiger partial charge in [-0.3, -0.25) is 9.59 Å². The lowest BCUT2D eigenvalue weighted by Gasteiger charge is -2.35. The van der Waals surface area contributed by atoms with Gasteiger partial charge in [0.1, 0.15) is 5.82 Å². The summed E-state index contributed by atoms with van der Waals surface area (Å²) in [5, 5.41) is 11.5. The minimum atomic E-state index is -0.556. The Labute approximate surface area is 221 Å². The number of amides is 2. The van der Waals surface area contributed by atoms with E-state index in [-0.39, 0.29) is 11.7 Å². The highest BCUT2D eigenvalue weighted by molar-refractivity contribution is 5.97. The van der Waals surface area contributed by atoms with E-state index < -0.39 is 11.8 Å². The second kappa shape index (κ2) is 11.4. The van der Waals surface area contributed by atoms with Crippen molar-refractivity contribution in [2.24, 2.45) is 5.73 Å². The van der Waals surface area contributed by atoms with Gasteiger partial charge in [-0.1, -0.05) is 17.3 Å². The van der Waals surface area contributed by atoms with Gasteiger partial charge in [-0.2, -0.15) is 0 Å². The number of nitrogens with two attached hydrogens (primary N) is 1. The topological polar surface area (TPSA) is 109 Å². The normalized spacial score (nSPS) is 20.3. The number of aromatic nitrogens is 3. The molecular formula is C28H34FN7O2. The van der Waals surface area contributed by atoms with E-state index in [2.05, 4.69) is 27.6 Å². The number of rotatable bonds is 10. The van der Waals surface area contributed by atoms with Crippen LogP contribution in [0.15, 0.2) is 54.9 Å². The van der Waals surface area contributed by atoms with Crippen LogP contribution in [0.3, 0.4) is 0 Å². The lowest BCUT2D eigenvalue weighted by molar-refractivity contribution is -0.134. The Balaban J connectivity index is 1.31. The van der Waals surface area contributed by atoms with Crippen LogP contribution in [0, 0.1) is 5.82 Å². The molecule has 2 amide bonds. The highest BCUT2D eigenvalue weighted by atomic mass is 19.1. The first-order valence-corrected chi connectivity index (χ1v) is 13.2. The third-order valence-corrected chi connectivity index (χ3v) is 7.64. The van der Waals surface area contributed by atoms with E-state index in [4.69, 9.17) is 5.73 Å². The zero-order chi connectivity index (χ0) is 26.6. The Bertz CT molecular complexity index is 1260. The van der Waals surface area contributed by atoms with Crippen molar-refractivity contribution in [1.82, 2.24) is 30.1 Å². The van der Waals surface area contributed by atoms with Gasteiger partial charge >= 0.3 is 0 Å². The lowest BCUT2D eigenvalue weighted by Crippen LogP contribution is -2.48. The van der Waals surface area contributed by atoms with Gasteiger partial charge in [-0.15, -0.1) is 5.10 Å². The molecular weight excluding hydrogens is 485 g/mol. The van der Waals surface area contributed by atoms with E-state index in [1.807, 2.05) is 23.1 Å². The first-order chi connectivity index (χ1) is 18.4. The van der Waals surface area contributed by atoms with Gasteiger partial charge in [0.2, 0.25) is 11.8 Å². The van der Waals surface area contributed by atoms with Crippen LogP contribution in [-0.4, -0.2) is 82.4 Å². The molecule has 0 radical (unpaired) electrons. The van der Waals surface area contributed by atoms with Crippen LogP contribution in [0.4, 0.5) is 4.39 Å². The van der Waals surface area contributed by atoms with Gasteiger partial charge in [-0.05, 0) is 74.3 Å². The number of benzene rings is 2. The van der Waals surface area contributed by atoms with Crippen molar-refractivity contribution in [3.63, 3.8) is 0 Å². The Morgan fingerprint density at radius 2 is 1.89 bits per heavy atom. The number of nitrogens with zero attached hydrogens (tertiary/aromatic N) is 5. The lowest BCUT2D eigenvalue weighted by atomic mass is 9.88. The fraction of sp³-hybridized carbons (Fsp3) is 0.429. The second-order valence-corrected chi connectivity index (χ2v) is 10.3. The maximum atomic E-state index is 13.9. The van der Waals surface area contributed by atoms with Gasteiger partial charge < -0.3 is 20.9 Å². The predicted molar refractivity (Wildman–Crippen MR) is 141 cm³/mol. The highest BCUT2D eigenvalue weighted by Gasteiger charge is 2.38.